The molecule has 0 spiro atoms. The zero-order chi connectivity index (χ0) is 9.15. The average Bonchev–Trinajstić information content (AvgIpc) is 2.86. The van der Waals surface area contributed by atoms with Crippen LogP contribution in [0.2, 0.25) is 0 Å². The normalized spacial score (nSPS) is 18.8. The number of hydrogen-bond acceptors (Lipinski definition) is 4. The van der Waals surface area contributed by atoms with Crippen molar-refractivity contribution in [3.8, 4) is 0 Å². The minimum absolute atomic E-state index is 0.321. The van der Waals surface area contributed by atoms with Crippen molar-refractivity contribution in [2.24, 2.45) is 10.5 Å². The van der Waals surface area contributed by atoms with Crippen LogP contribution in [0.25, 0.3) is 0 Å². The van der Waals surface area contributed by atoms with Gasteiger partial charge < -0.3 is 0 Å². The summed E-state index contributed by atoms with van der Waals surface area (Å²) in [6.07, 6.45) is 7.76. The van der Waals surface area contributed by atoms with Gasteiger partial charge in [0, 0.05) is 24.0 Å². The van der Waals surface area contributed by atoms with E-state index in [9.17, 15) is 0 Å². The summed E-state index contributed by atoms with van der Waals surface area (Å²) in [7, 11) is 0. The van der Waals surface area contributed by atoms with Crippen molar-refractivity contribution in [1.29, 1.82) is 0 Å². The number of hydrazone groups is 1. The molecule has 1 saturated carbocycles. The Labute approximate surface area is 77.1 Å². The van der Waals surface area contributed by atoms with E-state index in [1.54, 1.807) is 18.5 Å². The Balaban J connectivity index is 1.89. The Kier molecular flexibility index (Phi) is 1.96. The van der Waals surface area contributed by atoms with Gasteiger partial charge in [0.2, 0.25) is 5.95 Å². The number of anilines is 1. The second kappa shape index (κ2) is 3.12. The molecule has 1 heterocycles. The number of rotatable bonds is 3. The minimum atomic E-state index is 0.321. The molecule has 68 valence electrons. The van der Waals surface area contributed by atoms with Crippen molar-refractivity contribution < 1.29 is 0 Å². The molecular weight excluding hydrogens is 164 g/mol. The third kappa shape index (κ3) is 2.24. The smallest absolute Gasteiger partial charge is 0.243 e. The average molecular weight is 176 g/mol. The third-order valence-corrected chi connectivity index (χ3v) is 2.15. The fourth-order valence-electron chi connectivity index (χ4n) is 0.929. The zero-order valence-electron chi connectivity index (χ0n) is 7.57. The van der Waals surface area contributed by atoms with E-state index >= 15 is 0 Å². The molecule has 1 aromatic heterocycles. The van der Waals surface area contributed by atoms with Gasteiger partial charge in [0.05, 0.1) is 0 Å². The van der Waals surface area contributed by atoms with Crippen molar-refractivity contribution in [2.75, 3.05) is 5.43 Å². The highest BCUT2D eigenvalue weighted by Crippen LogP contribution is 2.42. The molecule has 0 bridgehead atoms. The fraction of sp³-hybridized carbons (Fsp3) is 0.444. The molecule has 0 atom stereocenters. The van der Waals surface area contributed by atoms with E-state index in [-0.39, 0.29) is 0 Å². The van der Waals surface area contributed by atoms with Gasteiger partial charge in [-0.15, -0.1) is 0 Å². The highest BCUT2D eigenvalue weighted by Gasteiger charge is 2.35. The van der Waals surface area contributed by atoms with Gasteiger partial charge >= 0.3 is 0 Å². The van der Waals surface area contributed by atoms with Gasteiger partial charge in [-0.1, -0.05) is 6.92 Å². The minimum Gasteiger partial charge on any atom is -0.245 e. The summed E-state index contributed by atoms with van der Waals surface area (Å²) in [5.41, 5.74) is 3.11. The van der Waals surface area contributed by atoms with Crippen LogP contribution in [-0.2, 0) is 0 Å². The van der Waals surface area contributed by atoms with E-state index in [4.69, 9.17) is 0 Å². The lowest BCUT2D eigenvalue weighted by molar-refractivity contribution is 0.822. The molecule has 13 heavy (non-hydrogen) atoms. The molecule has 1 aliphatic carbocycles. The van der Waals surface area contributed by atoms with Gasteiger partial charge in [0.25, 0.3) is 0 Å². The first-order chi connectivity index (χ1) is 6.29. The topological polar surface area (TPSA) is 50.2 Å². The van der Waals surface area contributed by atoms with Gasteiger partial charge in [-0.05, 0) is 18.9 Å². The molecule has 1 fully saturated rings. The van der Waals surface area contributed by atoms with Gasteiger partial charge in [0.15, 0.2) is 0 Å². The van der Waals surface area contributed by atoms with E-state index in [2.05, 4.69) is 27.4 Å². The van der Waals surface area contributed by atoms with Crippen molar-refractivity contribution in [3.63, 3.8) is 0 Å². The predicted octanol–water partition coefficient (Wildman–Crippen LogP) is 1.67. The van der Waals surface area contributed by atoms with E-state index in [1.165, 1.54) is 12.8 Å². The lowest BCUT2D eigenvalue weighted by Gasteiger charge is -1.98. The summed E-state index contributed by atoms with van der Waals surface area (Å²) in [5.74, 6) is 0.544. The van der Waals surface area contributed by atoms with E-state index in [0.29, 0.717) is 11.4 Å². The molecule has 2 rings (SSSR count). The molecule has 0 amide bonds. The standard InChI is InChI=1S/C9H12N4/c1-9(3-4-9)7-12-13-8-10-5-2-6-11-8/h2,5-7H,3-4H2,1H3,(H,10,11,13)/b12-7+. The first-order valence-electron chi connectivity index (χ1n) is 4.36. The summed E-state index contributed by atoms with van der Waals surface area (Å²) in [6, 6.07) is 1.77. The summed E-state index contributed by atoms with van der Waals surface area (Å²) in [4.78, 5) is 7.97. The zero-order valence-corrected chi connectivity index (χ0v) is 7.57. The van der Waals surface area contributed by atoms with Crippen LogP contribution in [0, 0.1) is 5.41 Å². The van der Waals surface area contributed by atoms with Crippen LogP contribution in [-0.4, -0.2) is 16.2 Å². The van der Waals surface area contributed by atoms with Crippen LogP contribution >= 0.6 is 0 Å². The van der Waals surface area contributed by atoms with Crippen LogP contribution in [0.15, 0.2) is 23.6 Å². The molecule has 0 radical (unpaired) electrons. The highest BCUT2D eigenvalue weighted by atomic mass is 15.3. The van der Waals surface area contributed by atoms with Crippen LogP contribution in [0.5, 0.6) is 0 Å². The van der Waals surface area contributed by atoms with Crippen LogP contribution < -0.4 is 5.43 Å². The van der Waals surface area contributed by atoms with E-state index in [1.807, 2.05) is 6.21 Å². The maximum Gasteiger partial charge on any atom is 0.243 e. The molecule has 1 aliphatic rings. The summed E-state index contributed by atoms with van der Waals surface area (Å²) in [6.45, 7) is 2.18. The second-order valence-electron chi connectivity index (χ2n) is 3.60. The van der Waals surface area contributed by atoms with Crippen LogP contribution in [0.1, 0.15) is 19.8 Å². The quantitative estimate of drug-likeness (QED) is 0.563. The predicted molar refractivity (Wildman–Crippen MR) is 51.5 cm³/mol. The summed E-state index contributed by atoms with van der Waals surface area (Å²) >= 11 is 0. The Morgan fingerprint density at radius 3 is 2.77 bits per heavy atom. The SMILES string of the molecule is CC1(/C=N/Nc2ncccn2)CC1. The second-order valence-corrected chi connectivity index (χ2v) is 3.60. The van der Waals surface area contributed by atoms with Crippen molar-refractivity contribution >= 4 is 12.2 Å². The highest BCUT2D eigenvalue weighted by molar-refractivity contribution is 5.69. The Morgan fingerprint density at radius 1 is 1.46 bits per heavy atom. The van der Waals surface area contributed by atoms with Gasteiger partial charge in [-0.3, -0.25) is 0 Å². The molecule has 1 N–H and O–H groups in total. The number of nitrogens with zero attached hydrogens (tertiary/aromatic N) is 3. The van der Waals surface area contributed by atoms with Crippen LogP contribution in [0.4, 0.5) is 5.95 Å². The first-order valence-corrected chi connectivity index (χ1v) is 4.36. The largest absolute Gasteiger partial charge is 0.245 e. The third-order valence-electron chi connectivity index (χ3n) is 2.15. The molecule has 4 nitrogen and oxygen atoms in total. The molecule has 1 aromatic rings. The summed E-state index contributed by atoms with van der Waals surface area (Å²) in [5, 5.41) is 4.08. The Hall–Kier alpha value is -1.45. The maximum absolute atomic E-state index is 4.08. The summed E-state index contributed by atoms with van der Waals surface area (Å²) < 4.78 is 0. The van der Waals surface area contributed by atoms with Crippen molar-refractivity contribution in [1.82, 2.24) is 9.97 Å². The lowest BCUT2D eigenvalue weighted by atomic mass is 10.2. The monoisotopic (exact) mass is 176 g/mol. The van der Waals surface area contributed by atoms with E-state index in [0.717, 1.165) is 0 Å². The molecule has 0 saturated heterocycles. The number of aromatic nitrogens is 2. The Morgan fingerprint density at radius 2 is 2.15 bits per heavy atom. The van der Waals surface area contributed by atoms with Crippen LogP contribution in [0.3, 0.4) is 0 Å². The van der Waals surface area contributed by atoms with Gasteiger partial charge in [-0.25, -0.2) is 15.4 Å². The molecule has 4 heteroatoms. The first kappa shape index (κ1) is 8.16. The van der Waals surface area contributed by atoms with Crippen molar-refractivity contribution in [2.45, 2.75) is 19.8 Å². The molecule has 0 aromatic carbocycles. The van der Waals surface area contributed by atoms with Gasteiger partial charge in [-0.2, -0.15) is 5.10 Å². The Bertz CT molecular complexity index is 303. The number of hydrogen-bond donors (Lipinski definition) is 1. The lowest BCUT2D eigenvalue weighted by Crippen LogP contribution is -1.99. The molecule has 0 aliphatic heterocycles. The van der Waals surface area contributed by atoms with E-state index < -0.39 is 0 Å². The molecule has 0 unspecified atom stereocenters. The van der Waals surface area contributed by atoms with Gasteiger partial charge in [0.1, 0.15) is 0 Å². The molecular formula is C9H12N4. The van der Waals surface area contributed by atoms with Crippen molar-refractivity contribution in [3.05, 3.63) is 18.5 Å². The fourth-order valence-corrected chi connectivity index (χ4v) is 0.929. The number of nitrogens with one attached hydrogen (secondary N) is 1. The maximum atomic E-state index is 4.08.